The van der Waals surface area contributed by atoms with Gasteiger partial charge < -0.3 is 5.32 Å². The number of carbonyl (C=O) groups is 1. The van der Waals surface area contributed by atoms with E-state index in [4.69, 9.17) is 0 Å². The van der Waals surface area contributed by atoms with Crippen molar-refractivity contribution in [3.63, 3.8) is 0 Å². The number of nitrogens with one attached hydrogen (secondary N) is 2. The first-order valence-corrected chi connectivity index (χ1v) is 7.79. The zero-order chi connectivity index (χ0) is 18.2. The number of amides is 1. The second-order valence-corrected chi connectivity index (χ2v) is 6.01. The number of halogens is 3. The summed E-state index contributed by atoms with van der Waals surface area (Å²) in [5.41, 5.74) is -1.04. The number of carbonyl (C=O) groups excluding carboxylic acids is 1. The minimum absolute atomic E-state index is 0.174. The minimum atomic E-state index is -4.54. The lowest BCUT2D eigenvalue weighted by molar-refractivity contribution is -0.141. The van der Waals surface area contributed by atoms with Crippen LogP contribution in [0.3, 0.4) is 0 Å². The molecule has 0 saturated carbocycles. The molecule has 25 heavy (non-hydrogen) atoms. The maximum absolute atomic E-state index is 12.7. The molecule has 0 aromatic carbocycles. The smallest absolute Gasteiger partial charge is 0.352 e. The highest BCUT2D eigenvalue weighted by atomic mass is 19.4. The Kier molecular flexibility index (Phi) is 4.39. The molecule has 11 heteroatoms. The standard InChI is InChI=1S/C14H17F3N6O2/c1-8-6-10(14(15,16)17)21-23(8)7-12(24)18-9-2-3-11-19-20-13(25)22(11)5-4-9/h6,9H,2-5,7H2,1H3,(H,18,24)(H,20,25). The van der Waals surface area contributed by atoms with E-state index in [9.17, 15) is 22.8 Å². The molecule has 136 valence electrons. The number of fused-ring (bicyclic) bond motifs is 1. The highest BCUT2D eigenvalue weighted by Gasteiger charge is 2.34. The van der Waals surface area contributed by atoms with Gasteiger partial charge in [0.05, 0.1) is 0 Å². The third kappa shape index (κ3) is 3.74. The van der Waals surface area contributed by atoms with Crippen molar-refractivity contribution in [2.75, 3.05) is 0 Å². The molecule has 1 atom stereocenters. The van der Waals surface area contributed by atoms with Crippen LogP contribution < -0.4 is 11.0 Å². The van der Waals surface area contributed by atoms with Crippen LogP contribution in [0.4, 0.5) is 13.2 Å². The van der Waals surface area contributed by atoms with Crippen molar-refractivity contribution in [3.8, 4) is 0 Å². The molecular weight excluding hydrogens is 341 g/mol. The van der Waals surface area contributed by atoms with Crippen molar-refractivity contribution >= 4 is 5.91 Å². The molecule has 3 rings (SSSR count). The summed E-state index contributed by atoms with van der Waals surface area (Å²) in [6.07, 6.45) is -2.87. The van der Waals surface area contributed by atoms with Crippen LogP contribution in [0.2, 0.25) is 0 Å². The molecule has 2 aromatic rings. The fourth-order valence-corrected chi connectivity index (χ4v) is 2.87. The SMILES string of the molecule is Cc1cc(C(F)(F)F)nn1CC(=O)NC1CCc2n[nH]c(=O)n2CC1. The third-order valence-electron chi connectivity index (χ3n) is 4.19. The molecule has 0 bridgehead atoms. The Bertz CT molecular complexity index is 834. The normalized spacial score (nSPS) is 17.8. The maximum atomic E-state index is 12.7. The number of alkyl halides is 3. The van der Waals surface area contributed by atoms with E-state index in [1.54, 1.807) is 0 Å². The van der Waals surface area contributed by atoms with Gasteiger partial charge in [-0.3, -0.25) is 14.0 Å². The van der Waals surface area contributed by atoms with Crippen LogP contribution in [0.25, 0.3) is 0 Å². The maximum Gasteiger partial charge on any atom is 0.435 e. The zero-order valence-corrected chi connectivity index (χ0v) is 13.4. The van der Waals surface area contributed by atoms with Crippen LogP contribution >= 0.6 is 0 Å². The molecule has 0 radical (unpaired) electrons. The molecule has 0 spiro atoms. The largest absolute Gasteiger partial charge is 0.435 e. The Labute approximate surface area is 140 Å². The number of rotatable bonds is 3. The molecule has 0 fully saturated rings. The average Bonchev–Trinajstić information content (AvgIpc) is 2.98. The minimum Gasteiger partial charge on any atom is -0.352 e. The van der Waals surface area contributed by atoms with Crippen molar-refractivity contribution in [2.45, 2.75) is 51.5 Å². The van der Waals surface area contributed by atoms with E-state index in [2.05, 4.69) is 20.6 Å². The van der Waals surface area contributed by atoms with Gasteiger partial charge in [-0.15, -0.1) is 0 Å². The molecule has 8 nitrogen and oxygen atoms in total. The summed E-state index contributed by atoms with van der Waals surface area (Å²) >= 11 is 0. The molecular formula is C14H17F3N6O2. The van der Waals surface area contributed by atoms with E-state index in [1.807, 2.05) is 0 Å². The summed E-state index contributed by atoms with van der Waals surface area (Å²) in [4.78, 5) is 23.7. The van der Waals surface area contributed by atoms with Crippen molar-refractivity contribution in [1.82, 2.24) is 29.9 Å². The van der Waals surface area contributed by atoms with Gasteiger partial charge in [0.15, 0.2) is 5.69 Å². The quantitative estimate of drug-likeness (QED) is 0.840. The predicted octanol–water partition coefficient (Wildman–Crippen LogP) is 0.616. The number of aromatic amines is 1. The molecule has 0 aliphatic carbocycles. The number of H-pyrrole nitrogens is 1. The van der Waals surface area contributed by atoms with Crippen molar-refractivity contribution in [1.29, 1.82) is 0 Å². The van der Waals surface area contributed by atoms with Crippen molar-refractivity contribution in [2.24, 2.45) is 0 Å². The van der Waals surface area contributed by atoms with Crippen LogP contribution in [0.15, 0.2) is 10.9 Å². The van der Waals surface area contributed by atoms with Crippen LogP contribution in [-0.2, 0) is 30.5 Å². The molecule has 3 heterocycles. The lowest BCUT2D eigenvalue weighted by atomic mass is 10.1. The Morgan fingerprint density at radius 1 is 1.44 bits per heavy atom. The third-order valence-corrected chi connectivity index (χ3v) is 4.19. The van der Waals surface area contributed by atoms with E-state index >= 15 is 0 Å². The summed E-state index contributed by atoms with van der Waals surface area (Å²) in [6, 6.07) is 0.732. The van der Waals surface area contributed by atoms with Crippen LogP contribution in [0.5, 0.6) is 0 Å². The molecule has 1 aliphatic rings. The Morgan fingerprint density at radius 3 is 2.88 bits per heavy atom. The topological polar surface area (TPSA) is 97.6 Å². The number of hydrogen-bond acceptors (Lipinski definition) is 4. The Balaban J connectivity index is 1.60. The van der Waals surface area contributed by atoms with E-state index < -0.39 is 17.8 Å². The van der Waals surface area contributed by atoms with Gasteiger partial charge in [-0.2, -0.15) is 23.4 Å². The molecule has 2 N–H and O–H groups in total. The lowest BCUT2D eigenvalue weighted by Gasteiger charge is -2.16. The first kappa shape index (κ1) is 17.2. The number of aromatic nitrogens is 5. The fourth-order valence-electron chi connectivity index (χ4n) is 2.87. The first-order valence-electron chi connectivity index (χ1n) is 7.79. The van der Waals surface area contributed by atoms with Crippen molar-refractivity contribution in [3.05, 3.63) is 33.8 Å². The molecule has 0 saturated heterocycles. The van der Waals surface area contributed by atoms with Crippen LogP contribution in [0.1, 0.15) is 30.1 Å². The first-order chi connectivity index (χ1) is 11.7. The average molecular weight is 358 g/mol. The number of hydrogen-bond donors (Lipinski definition) is 2. The van der Waals surface area contributed by atoms with Gasteiger partial charge in [0.1, 0.15) is 12.4 Å². The van der Waals surface area contributed by atoms with E-state index in [0.717, 1.165) is 10.7 Å². The zero-order valence-electron chi connectivity index (χ0n) is 13.4. The molecule has 1 aliphatic heterocycles. The second kappa shape index (κ2) is 6.37. The summed E-state index contributed by atoms with van der Waals surface area (Å²) < 4.78 is 40.5. The second-order valence-electron chi connectivity index (χ2n) is 6.01. The van der Waals surface area contributed by atoms with E-state index in [1.165, 1.54) is 11.5 Å². The molecule has 1 unspecified atom stereocenters. The fraction of sp³-hybridized carbons (Fsp3) is 0.571. The lowest BCUT2D eigenvalue weighted by Crippen LogP contribution is -2.38. The summed E-state index contributed by atoms with van der Waals surface area (Å²) in [5.74, 6) is 0.220. The molecule has 1 amide bonds. The summed E-state index contributed by atoms with van der Waals surface area (Å²) in [7, 11) is 0. The van der Waals surface area contributed by atoms with Gasteiger partial charge in [-0.1, -0.05) is 0 Å². The van der Waals surface area contributed by atoms with Gasteiger partial charge in [0.2, 0.25) is 5.91 Å². The van der Waals surface area contributed by atoms with E-state index in [0.29, 0.717) is 31.6 Å². The highest BCUT2D eigenvalue weighted by molar-refractivity contribution is 5.76. The van der Waals surface area contributed by atoms with E-state index in [-0.39, 0.29) is 24.0 Å². The summed E-state index contributed by atoms with van der Waals surface area (Å²) in [5, 5.41) is 12.5. The Morgan fingerprint density at radius 2 is 2.20 bits per heavy atom. The summed E-state index contributed by atoms with van der Waals surface area (Å²) in [6.45, 7) is 1.60. The monoisotopic (exact) mass is 358 g/mol. The Hall–Kier alpha value is -2.59. The number of nitrogens with zero attached hydrogens (tertiary/aromatic N) is 4. The van der Waals surface area contributed by atoms with Crippen LogP contribution in [0, 0.1) is 6.92 Å². The van der Waals surface area contributed by atoms with Gasteiger partial charge in [0.25, 0.3) is 0 Å². The van der Waals surface area contributed by atoms with Gasteiger partial charge in [-0.05, 0) is 25.8 Å². The van der Waals surface area contributed by atoms with Crippen LogP contribution in [-0.4, -0.2) is 36.5 Å². The van der Waals surface area contributed by atoms with Gasteiger partial charge in [0, 0.05) is 24.7 Å². The highest BCUT2D eigenvalue weighted by Crippen LogP contribution is 2.28. The van der Waals surface area contributed by atoms with Crippen molar-refractivity contribution < 1.29 is 18.0 Å². The van der Waals surface area contributed by atoms with Gasteiger partial charge >= 0.3 is 11.9 Å². The number of aryl methyl sites for hydroxylation is 2. The molecule has 2 aromatic heterocycles. The van der Waals surface area contributed by atoms with Gasteiger partial charge in [-0.25, -0.2) is 9.89 Å². The predicted molar refractivity (Wildman–Crippen MR) is 79.7 cm³/mol.